The molecule has 0 aromatic heterocycles. The second-order valence-electron chi connectivity index (χ2n) is 8.99. The molecule has 0 bridgehead atoms. The quantitative estimate of drug-likeness (QED) is 0.591. The first-order valence-corrected chi connectivity index (χ1v) is 13.3. The van der Waals surface area contributed by atoms with Gasteiger partial charge in [0.2, 0.25) is 10.0 Å². The molecule has 3 atom stereocenters. The average Bonchev–Trinajstić information content (AvgIpc) is 3.26. The standard InChI is InChI=1S/C25H33N3O5S/c1-3-26-34(31,32)21-10-12-23-19(15-21)9-11-24(33-23)25(30)27(2)22(18-7-5-4-6-8-18)17-28-14-13-20(29)16-28/h4-8,10,12,15,20,22,24,26,29H,3,9,11,13-14,16-17H2,1-2H3/t20-,22+,24-/m0/s1. The van der Waals surface area contributed by atoms with Crippen LogP contribution in [-0.4, -0.2) is 74.7 Å². The number of aliphatic hydroxyl groups is 1. The fourth-order valence-corrected chi connectivity index (χ4v) is 5.80. The maximum absolute atomic E-state index is 13.5. The zero-order chi connectivity index (χ0) is 24.3. The van der Waals surface area contributed by atoms with Crippen LogP contribution < -0.4 is 9.46 Å². The van der Waals surface area contributed by atoms with E-state index >= 15 is 0 Å². The number of amides is 1. The summed E-state index contributed by atoms with van der Waals surface area (Å²) in [7, 11) is -1.74. The van der Waals surface area contributed by atoms with Gasteiger partial charge in [-0.25, -0.2) is 13.1 Å². The Morgan fingerprint density at radius 1 is 1.24 bits per heavy atom. The lowest BCUT2D eigenvalue weighted by atomic mass is 10.00. The highest BCUT2D eigenvalue weighted by Crippen LogP contribution is 2.32. The Kier molecular flexibility index (Phi) is 7.57. The molecule has 0 aliphatic carbocycles. The predicted molar refractivity (Wildman–Crippen MR) is 129 cm³/mol. The number of aryl methyl sites for hydroxylation is 1. The third-order valence-corrected chi connectivity index (χ3v) is 8.12. The van der Waals surface area contributed by atoms with Crippen LogP contribution in [0.15, 0.2) is 53.4 Å². The van der Waals surface area contributed by atoms with E-state index in [2.05, 4.69) is 9.62 Å². The van der Waals surface area contributed by atoms with Crippen molar-refractivity contribution in [2.75, 3.05) is 33.2 Å². The summed E-state index contributed by atoms with van der Waals surface area (Å²) in [5.41, 5.74) is 1.82. The monoisotopic (exact) mass is 487 g/mol. The molecule has 2 aliphatic heterocycles. The molecule has 2 aliphatic rings. The molecule has 2 aromatic carbocycles. The maximum Gasteiger partial charge on any atom is 0.263 e. The van der Waals surface area contributed by atoms with Gasteiger partial charge in [-0.05, 0) is 48.6 Å². The van der Waals surface area contributed by atoms with Crippen molar-refractivity contribution in [3.63, 3.8) is 0 Å². The molecule has 0 spiro atoms. The van der Waals surface area contributed by atoms with Gasteiger partial charge in [0, 0.05) is 33.2 Å². The van der Waals surface area contributed by atoms with E-state index in [1.54, 1.807) is 31.0 Å². The van der Waals surface area contributed by atoms with Gasteiger partial charge in [0.25, 0.3) is 5.91 Å². The van der Waals surface area contributed by atoms with Gasteiger partial charge in [0.1, 0.15) is 5.75 Å². The predicted octanol–water partition coefficient (Wildman–Crippen LogP) is 1.94. The molecule has 2 aromatic rings. The van der Waals surface area contributed by atoms with Crippen molar-refractivity contribution >= 4 is 15.9 Å². The Hall–Kier alpha value is -2.46. The van der Waals surface area contributed by atoms with Crippen molar-refractivity contribution in [1.29, 1.82) is 0 Å². The van der Waals surface area contributed by atoms with Crippen molar-refractivity contribution in [1.82, 2.24) is 14.5 Å². The highest BCUT2D eigenvalue weighted by Gasteiger charge is 2.34. The first-order chi connectivity index (χ1) is 16.3. The Bertz CT molecular complexity index is 1110. The van der Waals surface area contributed by atoms with Crippen LogP contribution in [0.3, 0.4) is 0 Å². The molecule has 4 rings (SSSR count). The second kappa shape index (κ2) is 10.4. The van der Waals surface area contributed by atoms with Gasteiger partial charge in [-0.2, -0.15) is 0 Å². The minimum Gasteiger partial charge on any atom is -0.480 e. The number of carbonyl (C=O) groups excluding carboxylic acids is 1. The number of β-amino-alcohol motifs (C(OH)–C–C–N with tert-alkyl or cyclic N) is 1. The first kappa shape index (κ1) is 24.7. The van der Waals surface area contributed by atoms with E-state index in [1.165, 1.54) is 6.07 Å². The first-order valence-electron chi connectivity index (χ1n) is 11.8. The lowest BCUT2D eigenvalue weighted by Gasteiger charge is -2.35. The summed E-state index contributed by atoms with van der Waals surface area (Å²) in [4.78, 5) is 17.6. The molecule has 1 saturated heterocycles. The number of sulfonamides is 1. The number of hydrogen-bond acceptors (Lipinski definition) is 6. The number of nitrogens with zero attached hydrogens (tertiary/aromatic N) is 2. The Labute approximate surface area is 201 Å². The molecule has 2 N–H and O–H groups in total. The number of nitrogens with one attached hydrogen (secondary N) is 1. The van der Waals surface area contributed by atoms with Crippen LogP contribution in [0.2, 0.25) is 0 Å². The number of hydrogen-bond donors (Lipinski definition) is 2. The molecule has 1 fully saturated rings. The summed E-state index contributed by atoms with van der Waals surface area (Å²) >= 11 is 0. The average molecular weight is 488 g/mol. The minimum absolute atomic E-state index is 0.108. The van der Waals surface area contributed by atoms with Crippen LogP contribution in [0.5, 0.6) is 5.75 Å². The van der Waals surface area contributed by atoms with Crippen LogP contribution in [0, 0.1) is 0 Å². The summed E-state index contributed by atoms with van der Waals surface area (Å²) in [6, 6.07) is 14.5. The van der Waals surface area contributed by atoms with Crippen LogP contribution in [0.4, 0.5) is 0 Å². The van der Waals surface area contributed by atoms with E-state index in [9.17, 15) is 18.3 Å². The molecule has 9 heteroatoms. The smallest absolute Gasteiger partial charge is 0.263 e. The number of fused-ring (bicyclic) bond motifs is 1. The van der Waals surface area contributed by atoms with Crippen molar-refractivity contribution in [3.05, 3.63) is 59.7 Å². The SMILES string of the molecule is CCNS(=O)(=O)c1ccc2c(c1)CC[C@@H](C(=O)N(C)[C@H](CN1CC[C@H](O)C1)c1ccccc1)O2. The van der Waals surface area contributed by atoms with Crippen LogP contribution in [-0.2, 0) is 21.2 Å². The largest absolute Gasteiger partial charge is 0.480 e. The van der Waals surface area contributed by atoms with E-state index < -0.39 is 16.1 Å². The number of ether oxygens (including phenoxy) is 1. The van der Waals surface area contributed by atoms with Gasteiger partial charge in [-0.1, -0.05) is 37.3 Å². The summed E-state index contributed by atoms with van der Waals surface area (Å²) in [5, 5.41) is 9.94. The third kappa shape index (κ3) is 5.43. The van der Waals surface area contributed by atoms with Gasteiger partial charge in [-0.15, -0.1) is 0 Å². The highest BCUT2D eigenvalue weighted by molar-refractivity contribution is 7.89. The van der Waals surface area contributed by atoms with Crippen molar-refractivity contribution in [3.8, 4) is 5.75 Å². The van der Waals surface area contributed by atoms with Gasteiger partial charge in [0.15, 0.2) is 6.10 Å². The number of rotatable bonds is 8. The van der Waals surface area contributed by atoms with Crippen LogP contribution >= 0.6 is 0 Å². The van der Waals surface area contributed by atoms with E-state index in [-0.39, 0.29) is 22.9 Å². The molecule has 0 radical (unpaired) electrons. The molecule has 2 heterocycles. The molecule has 184 valence electrons. The summed E-state index contributed by atoms with van der Waals surface area (Å²) in [5.74, 6) is 0.441. The lowest BCUT2D eigenvalue weighted by Crippen LogP contribution is -2.46. The number of benzene rings is 2. The van der Waals surface area contributed by atoms with Crippen molar-refractivity contribution < 1.29 is 23.1 Å². The Balaban J connectivity index is 1.50. The fourth-order valence-electron chi connectivity index (χ4n) is 4.71. The Morgan fingerprint density at radius 2 is 2.00 bits per heavy atom. The number of aliphatic hydroxyl groups excluding tert-OH is 1. The molecule has 8 nitrogen and oxygen atoms in total. The van der Waals surface area contributed by atoms with E-state index in [0.29, 0.717) is 38.2 Å². The molecule has 34 heavy (non-hydrogen) atoms. The zero-order valence-electron chi connectivity index (χ0n) is 19.7. The second-order valence-corrected chi connectivity index (χ2v) is 10.8. The van der Waals surface area contributed by atoms with Crippen molar-refractivity contribution in [2.24, 2.45) is 0 Å². The van der Waals surface area contributed by atoms with E-state index in [4.69, 9.17) is 4.74 Å². The summed E-state index contributed by atoms with van der Waals surface area (Å²) in [6.45, 7) is 4.10. The zero-order valence-corrected chi connectivity index (χ0v) is 20.5. The van der Waals surface area contributed by atoms with Gasteiger partial charge in [-0.3, -0.25) is 9.69 Å². The highest BCUT2D eigenvalue weighted by atomic mass is 32.2. The summed E-state index contributed by atoms with van der Waals surface area (Å²) in [6.07, 6.45) is 0.822. The molecule has 0 unspecified atom stereocenters. The fraction of sp³-hybridized carbons (Fsp3) is 0.480. The van der Waals surface area contributed by atoms with E-state index in [1.807, 2.05) is 30.3 Å². The number of likely N-dealkylation sites (tertiary alicyclic amines) is 1. The van der Waals surface area contributed by atoms with E-state index in [0.717, 1.165) is 24.1 Å². The molecule has 0 saturated carbocycles. The van der Waals surface area contributed by atoms with Crippen molar-refractivity contribution in [2.45, 2.75) is 49.3 Å². The van der Waals surface area contributed by atoms with Crippen LogP contribution in [0.25, 0.3) is 0 Å². The minimum atomic E-state index is -3.55. The number of likely N-dealkylation sites (N-methyl/N-ethyl adjacent to an activating group) is 1. The van der Waals surface area contributed by atoms with Gasteiger partial charge >= 0.3 is 0 Å². The molecular formula is C25H33N3O5S. The van der Waals surface area contributed by atoms with Crippen LogP contribution in [0.1, 0.15) is 36.9 Å². The summed E-state index contributed by atoms with van der Waals surface area (Å²) < 4.78 is 33.2. The molecular weight excluding hydrogens is 454 g/mol. The Morgan fingerprint density at radius 3 is 2.68 bits per heavy atom. The van der Waals surface area contributed by atoms with Gasteiger partial charge < -0.3 is 14.7 Å². The third-order valence-electron chi connectivity index (χ3n) is 6.58. The molecule has 1 amide bonds. The lowest BCUT2D eigenvalue weighted by molar-refractivity contribution is -0.140. The topological polar surface area (TPSA) is 99.2 Å². The maximum atomic E-state index is 13.5. The van der Waals surface area contributed by atoms with Gasteiger partial charge in [0.05, 0.1) is 17.0 Å². The number of carbonyl (C=O) groups is 1. The normalized spacial score (nSPS) is 21.5.